The highest BCUT2D eigenvalue weighted by Gasteiger charge is 2.42. The van der Waals surface area contributed by atoms with Crippen LogP contribution in [0.2, 0.25) is 0 Å². The zero-order chi connectivity index (χ0) is 24.3. The molecule has 0 atom stereocenters. The van der Waals surface area contributed by atoms with Crippen LogP contribution in [0.1, 0.15) is 35.7 Å². The summed E-state index contributed by atoms with van der Waals surface area (Å²) in [6.45, 7) is 2.77. The molecule has 0 radical (unpaired) electrons. The van der Waals surface area contributed by atoms with Crippen LogP contribution in [0.3, 0.4) is 0 Å². The Morgan fingerprint density at radius 3 is 2.83 bits per heavy atom. The van der Waals surface area contributed by atoms with Crippen molar-refractivity contribution in [3.8, 4) is 5.82 Å². The molecule has 1 saturated heterocycles. The first-order valence-electron chi connectivity index (χ1n) is 12.4. The molecule has 2 aliphatic heterocycles. The van der Waals surface area contributed by atoms with Gasteiger partial charge in [-0.1, -0.05) is 12.1 Å². The lowest BCUT2D eigenvalue weighted by molar-refractivity contribution is -0.204. The molecule has 4 aromatic rings. The number of methoxy groups -OCH3 is 1. The first-order chi connectivity index (χ1) is 17.6. The van der Waals surface area contributed by atoms with Crippen molar-refractivity contribution in [1.82, 2.24) is 29.6 Å². The van der Waals surface area contributed by atoms with Crippen molar-refractivity contribution in [1.29, 1.82) is 0 Å². The van der Waals surface area contributed by atoms with Gasteiger partial charge in [-0.2, -0.15) is 4.98 Å². The number of hydrogen-bond acceptors (Lipinski definition) is 8. The molecule has 7 rings (SSSR count). The molecule has 10 nitrogen and oxygen atoms in total. The van der Waals surface area contributed by atoms with Crippen molar-refractivity contribution in [2.24, 2.45) is 0 Å². The Morgan fingerprint density at radius 2 is 2.06 bits per heavy atom. The lowest BCUT2D eigenvalue weighted by Gasteiger charge is -2.39. The van der Waals surface area contributed by atoms with Gasteiger partial charge in [-0.05, 0) is 61.2 Å². The number of nitrogens with zero attached hydrogens (tertiary/aromatic N) is 5. The number of pyridine rings is 1. The predicted molar refractivity (Wildman–Crippen MR) is 134 cm³/mol. The third-order valence-electron chi connectivity index (χ3n) is 7.34. The summed E-state index contributed by atoms with van der Waals surface area (Å²) < 4.78 is 14.8. The minimum Gasteiger partial charge on any atom is -0.374 e. The third-order valence-corrected chi connectivity index (χ3v) is 7.34. The highest BCUT2D eigenvalue weighted by atomic mass is 16.6. The summed E-state index contributed by atoms with van der Waals surface area (Å²) in [4.78, 5) is 27.6. The SMILES string of the molecule is COC1(c2cccc(-n3c4nc(Nc5ccc6c(c5)CCNC6)ncc4c(=O)n3C3CC3)n2)COC1. The average Bonchev–Trinajstić information content (AvgIpc) is 3.68. The van der Waals surface area contributed by atoms with Crippen molar-refractivity contribution in [3.05, 3.63) is 69.8 Å². The van der Waals surface area contributed by atoms with Crippen LogP contribution in [0.4, 0.5) is 11.6 Å². The Hall–Kier alpha value is -3.60. The van der Waals surface area contributed by atoms with E-state index in [0.29, 0.717) is 36.0 Å². The molecular formula is C26H27N7O3. The third kappa shape index (κ3) is 3.44. The van der Waals surface area contributed by atoms with E-state index in [1.165, 1.54) is 11.1 Å². The fourth-order valence-corrected chi connectivity index (χ4v) is 5.07. The summed E-state index contributed by atoms with van der Waals surface area (Å²) >= 11 is 0. The van der Waals surface area contributed by atoms with Crippen LogP contribution in [-0.4, -0.2) is 51.2 Å². The molecule has 10 heteroatoms. The van der Waals surface area contributed by atoms with Crippen molar-refractivity contribution in [2.45, 2.75) is 37.5 Å². The van der Waals surface area contributed by atoms with Gasteiger partial charge in [-0.25, -0.2) is 19.3 Å². The lowest BCUT2D eigenvalue weighted by atomic mass is 9.97. The Kier molecular flexibility index (Phi) is 4.95. The highest BCUT2D eigenvalue weighted by Crippen LogP contribution is 2.36. The van der Waals surface area contributed by atoms with E-state index in [0.717, 1.165) is 43.7 Å². The second-order valence-electron chi connectivity index (χ2n) is 9.73. The van der Waals surface area contributed by atoms with Crippen LogP contribution in [0.15, 0.2) is 47.4 Å². The molecule has 3 aromatic heterocycles. The number of nitrogens with one attached hydrogen (secondary N) is 2. The Bertz CT molecular complexity index is 1530. The van der Waals surface area contributed by atoms with Gasteiger partial charge in [0.05, 0.1) is 24.9 Å². The summed E-state index contributed by atoms with van der Waals surface area (Å²) in [5.74, 6) is 1.07. The molecule has 3 aliphatic rings. The largest absolute Gasteiger partial charge is 0.374 e. The van der Waals surface area contributed by atoms with E-state index in [1.807, 2.05) is 28.9 Å². The fraction of sp³-hybridized carbons (Fsp3) is 0.385. The number of aromatic nitrogens is 5. The van der Waals surface area contributed by atoms with Crippen LogP contribution in [-0.2, 0) is 28.0 Å². The summed E-state index contributed by atoms with van der Waals surface area (Å²) in [7, 11) is 1.67. The van der Waals surface area contributed by atoms with Gasteiger partial charge in [0.2, 0.25) is 5.95 Å². The number of hydrogen-bond donors (Lipinski definition) is 2. The standard InChI is InChI=1S/C26H27N7O3/c1-35-26(14-36-15-26)21-3-2-4-22(30-21)33-23-20(24(34)32(33)19-7-8-19)13-28-25(31-23)29-18-6-5-17-12-27-10-9-16(17)11-18/h2-6,11,13,19,27H,7-10,12,14-15H2,1H3,(H,28,29,31). The van der Waals surface area contributed by atoms with Crippen LogP contribution in [0.25, 0.3) is 16.9 Å². The Morgan fingerprint density at radius 1 is 1.17 bits per heavy atom. The molecule has 1 saturated carbocycles. The molecule has 5 heterocycles. The molecule has 2 fully saturated rings. The van der Waals surface area contributed by atoms with Crippen molar-refractivity contribution < 1.29 is 9.47 Å². The molecule has 1 aliphatic carbocycles. The van der Waals surface area contributed by atoms with E-state index in [-0.39, 0.29) is 11.6 Å². The molecule has 0 bridgehead atoms. The van der Waals surface area contributed by atoms with Crippen molar-refractivity contribution in [2.75, 3.05) is 32.2 Å². The van der Waals surface area contributed by atoms with E-state index in [1.54, 1.807) is 18.0 Å². The molecule has 0 amide bonds. The fourth-order valence-electron chi connectivity index (χ4n) is 5.07. The Labute approximate surface area is 207 Å². The van der Waals surface area contributed by atoms with Crippen LogP contribution in [0, 0.1) is 0 Å². The van der Waals surface area contributed by atoms with Gasteiger partial charge >= 0.3 is 0 Å². The smallest absolute Gasteiger partial charge is 0.278 e. The quantitative estimate of drug-likeness (QED) is 0.429. The zero-order valence-corrected chi connectivity index (χ0v) is 20.0. The lowest BCUT2D eigenvalue weighted by Crippen LogP contribution is -2.49. The molecule has 184 valence electrons. The van der Waals surface area contributed by atoms with Crippen LogP contribution >= 0.6 is 0 Å². The maximum Gasteiger partial charge on any atom is 0.278 e. The van der Waals surface area contributed by atoms with Crippen molar-refractivity contribution in [3.63, 3.8) is 0 Å². The van der Waals surface area contributed by atoms with Crippen molar-refractivity contribution >= 4 is 22.7 Å². The maximum absolute atomic E-state index is 13.4. The summed E-state index contributed by atoms with van der Waals surface area (Å²) in [5, 5.41) is 7.21. The second kappa shape index (κ2) is 8.22. The number of anilines is 2. The van der Waals surface area contributed by atoms with E-state index in [2.05, 4.69) is 27.8 Å². The minimum atomic E-state index is -0.562. The van der Waals surface area contributed by atoms with Gasteiger partial charge in [0, 0.05) is 25.5 Å². The highest BCUT2D eigenvalue weighted by molar-refractivity contribution is 5.77. The molecule has 2 N–H and O–H groups in total. The van der Waals surface area contributed by atoms with E-state index >= 15 is 0 Å². The summed E-state index contributed by atoms with van der Waals surface area (Å²) in [6.07, 6.45) is 4.51. The van der Waals surface area contributed by atoms with Gasteiger partial charge in [0.25, 0.3) is 5.56 Å². The molecule has 36 heavy (non-hydrogen) atoms. The number of ether oxygens (including phenoxy) is 2. The minimum absolute atomic E-state index is 0.0963. The first kappa shape index (κ1) is 21.7. The monoisotopic (exact) mass is 485 g/mol. The van der Waals surface area contributed by atoms with Gasteiger partial charge in [0.1, 0.15) is 5.39 Å². The average molecular weight is 486 g/mol. The molecular weight excluding hydrogens is 458 g/mol. The van der Waals surface area contributed by atoms with Gasteiger partial charge < -0.3 is 20.1 Å². The van der Waals surface area contributed by atoms with E-state index in [9.17, 15) is 4.79 Å². The number of benzene rings is 1. The normalized spacial score (nSPS) is 18.6. The zero-order valence-electron chi connectivity index (χ0n) is 20.0. The van der Waals surface area contributed by atoms with Gasteiger partial charge in [-0.15, -0.1) is 0 Å². The van der Waals surface area contributed by atoms with E-state index < -0.39 is 5.60 Å². The first-order valence-corrected chi connectivity index (χ1v) is 12.4. The van der Waals surface area contributed by atoms with Crippen LogP contribution < -0.4 is 16.2 Å². The summed E-state index contributed by atoms with van der Waals surface area (Å²) in [6, 6.07) is 12.2. The Balaban J connectivity index is 1.33. The van der Waals surface area contributed by atoms with Gasteiger partial charge in [-0.3, -0.25) is 4.79 Å². The van der Waals surface area contributed by atoms with Gasteiger partial charge in [0.15, 0.2) is 17.1 Å². The summed E-state index contributed by atoms with van der Waals surface area (Å²) in [5.41, 5.74) is 4.22. The topological polar surface area (TPSA) is 108 Å². The molecule has 0 unspecified atom stereocenters. The number of rotatable bonds is 6. The van der Waals surface area contributed by atoms with Crippen LogP contribution in [0.5, 0.6) is 0 Å². The maximum atomic E-state index is 13.4. The molecule has 1 aromatic carbocycles. The predicted octanol–water partition coefficient (Wildman–Crippen LogP) is 2.57. The molecule has 0 spiro atoms. The number of fused-ring (bicyclic) bond motifs is 2. The second-order valence-corrected chi connectivity index (χ2v) is 9.73. The van der Waals surface area contributed by atoms with E-state index in [4.69, 9.17) is 19.4 Å².